The number of rotatable bonds is 7. The summed E-state index contributed by atoms with van der Waals surface area (Å²) in [6.07, 6.45) is 11.2. The van der Waals surface area contributed by atoms with Gasteiger partial charge in [-0.3, -0.25) is 4.79 Å². The van der Waals surface area contributed by atoms with Crippen molar-refractivity contribution in [1.82, 2.24) is 5.32 Å². The minimum atomic E-state index is -0.170. The molecule has 1 heterocycles. The monoisotopic (exact) mass is 456 g/mol. The molecule has 5 aliphatic rings. The van der Waals surface area contributed by atoms with Crippen molar-refractivity contribution >= 4 is 5.91 Å². The standard InChI is InChI=1S/C27H37FN2O3/c28-15-20(16-29)17-33-23-3-1-21(2-4-23)26-9-12-27(13-10-26,14-11-26)24(31)30-22-5-7-25(8-6-22)18-32-19-25/h1-4,15,22H,5-14,16-19,29H2,(H,30,31). The van der Waals surface area contributed by atoms with Gasteiger partial charge in [0.2, 0.25) is 5.91 Å². The van der Waals surface area contributed by atoms with Crippen LogP contribution in [0.4, 0.5) is 4.39 Å². The maximum absolute atomic E-state index is 13.4. The summed E-state index contributed by atoms with van der Waals surface area (Å²) in [5.41, 5.74) is 7.69. The molecule has 1 aliphatic heterocycles. The first-order chi connectivity index (χ1) is 16.0. The first-order valence-electron chi connectivity index (χ1n) is 12.6. The van der Waals surface area contributed by atoms with E-state index in [1.807, 2.05) is 12.1 Å². The molecule has 1 spiro atoms. The molecule has 3 N–H and O–H groups in total. The number of nitrogens with one attached hydrogen (secondary N) is 1. The van der Waals surface area contributed by atoms with Gasteiger partial charge >= 0.3 is 0 Å². The molecular weight excluding hydrogens is 419 g/mol. The molecule has 33 heavy (non-hydrogen) atoms. The van der Waals surface area contributed by atoms with Crippen LogP contribution in [0, 0.1) is 10.8 Å². The number of nitrogens with two attached hydrogens (primary N) is 1. The molecule has 1 aromatic rings. The van der Waals surface area contributed by atoms with Crippen LogP contribution in [0.25, 0.3) is 0 Å². The van der Waals surface area contributed by atoms with E-state index in [9.17, 15) is 9.18 Å². The van der Waals surface area contributed by atoms with Crippen LogP contribution in [0.2, 0.25) is 0 Å². The molecule has 1 saturated heterocycles. The predicted molar refractivity (Wildman–Crippen MR) is 126 cm³/mol. The summed E-state index contributed by atoms with van der Waals surface area (Å²) in [7, 11) is 0. The fourth-order valence-corrected chi connectivity index (χ4v) is 6.57. The van der Waals surface area contributed by atoms with Crippen LogP contribution in [0.3, 0.4) is 0 Å². The summed E-state index contributed by atoms with van der Waals surface area (Å²) < 4.78 is 23.8. The quantitative estimate of drug-likeness (QED) is 0.632. The maximum atomic E-state index is 13.4. The SMILES string of the molecule is NCC(=CF)COc1ccc(C23CCC(C(=O)NC4CCC5(CC4)COC5)(CC2)CC3)cc1. The molecule has 0 unspecified atom stereocenters. The number of fused-ring (bicyclic) bond motifs is 3. The third-order valence-corrected chi connectivity index (χ3v) is 9.23. The Morgan fingerprint density at radius 3 is 2.21 bits per heavy atom. The van der Waals surface area contributed by atoms with E-state index in [0.29, 0.717) is 29.3 Å². The Hall–Kier alpha value is -1.92. The number of ether oxygens (including phenoxy) is 2. The lowest BCUT2D eigenvalue weighted by Gasteiger charge is -2.53. The summed E-state index contributed by atoms with van der Waals surface area (Å²) in [4.78, 5) is 13.4. The van der Waals surface area contributed by atoms with Crippen molar-refractivity contribution in [2.75, 3.05) is 26.4 Å². The molecule has 4 saturated carbocycles. The summed E-state index contributed by atoms with van der Waals surface area (Å²) >= 11 is 0. The fraction of sp³-hybridized carbons (Fsp3) is 0.667. The summed E-state index contributed by atoms with van der Waals surface area (Å²) in [6.45, 7) is 2.15. The average Bonchev–Trinajstić information content (AvgIpc) is 2.85. The van der Waals surface area contributed by atoms with E-state index in [2.05, 4.69) is 17.4 Å². The zero-order chi connectivity index (χ0) is 22.9. The minimum absolute atomic E-state index is 0.156. The lowest BCUT2D eigenvalue weighted by Crippen LogP contribution is -2.55. The fourth-order valence-electron chi connectivity index (χ4n) is 6.57. The van der Waals surface area contributed by atoms with Crippen molar-refractivity contribution in [3.63, 3.8) is 0 Å². The highest BCUT2D eigenvalue weighted by molar-refractivity contribution is 5.83. The molecule has 5 nitrogen and oxygen atoms in total. The van der Waals surface area contributed by atoms with Crippen LogP contribution in [0.5, 0.6) is 5.75 Å². The van der Waals surface area contributed by atoms with Gasteiger partial charge in [0.25, 0.3) is 0 Å². The second-order valence-electron chi connectivity index (χ2n) is 11.1. The van der Waals surface area contributed by atoms with E-state index in [4.69, 9.17) is 15.2 Å². The zero-order valence-corrected chi connectivity index (χ0v) is 19.5. The number of carbonyl (C=O) groups is 1. The molecule has 1 aromatic carbocycles. The van der Waals surface area contributed by atoms with Gasteiger partial charge in [-0.25, -0.2) is 4.39 Å². The molecule has 4 aliphatic carbocycles. The van der Waals surface area contributed by atoms with E-state index >= 15 is 0 Å². The third kappa shape index (κ3) is 4.32. The van der Waals surface area contributed by atoms with Crippen molar-refractivity contribution < 1.29 is 18.7 Å². The van der Waals surface area contributed by atoms with Gasteiger partial charge in [-0.2, -0.15) is 0 Å². The van der Waals surface area contributed by atoms with E-state index in [0.717, 1.165) is 70.3 Å². The number of amides is 1. The molecule has 0 atom stereocenters. The second kappa shape index (κ2) is 9.03. The highest BCUT2D eigenvalue weighted by Gasteiger charge is 2.53. The Bertz CT molecular complexity index is 859. The van der Waals surface area contributed by atoms with Crippen molar-refractivity contribution in [3.8, 4) is 5.75 Å². The lowest BCUT2D eigenvalue weighted by atomic mass is 9.51. The van der Waals surface area contributed by atoms with Crippen molar-refractivity contribution in [3.05, 3.63) is 41.7 Å². The van der Waals surface area contributed by atoms with E-state index < -0.39 is 0 Å². The van der Waals surface area contributed by atoms with Gasteiger partial charge in [0.15, 0.2) is 0 Å². The first kappa shape index (κ1) is 22.9. The van der Waals surface area contributed by atoms with Crippen LogP contribution < -0.4 is 15.8 Å². The molecular formula is C27H37FN2O3. The Morgan fingerprint density at radius 1 is 1.06 bits per heavy atom. The Kier molecular flexibility index (Phi) is 6.25. The number of hydrogen-bond acceptors (Lipinski definition) is 4. The number of carbonyl (C=O) groups excluding carboxylic acids is 1. The topological polar surface area (TPSA) is 73.6 Å². The molecule has 2 bridgehead atoms. The van der Waals surface area contributed by atoms with Crippen LogP contribution in [-0.4, -0.2) is 38.3 Å². The van der Waals surface area contributed by atoms with Gasteiger partial charge in [0.05, 0.1) is 19.5 Å². The highest BCUT2D eigenvalue weighted by Crippen LogP contribution is 2.58. The van der Waals surface area contributed by atoms with Crippen LogP contribution >= 0.6 is 0 Å². The van der Waals surface area contributed by atoms with E-state index in [1.54, 1.807) is 0 Å². The maximum Gasteiger partial charge on any atom is 0.226 e. The molecule has 6 heteroatoms. The number of hydrogen-bond donors (Lipinski definition) is 2. The van der Waals surface area contributed by atoms with Crippen LogP contribution in [0.1, 0.15) is 69.8 Å². The first-order valence-corrected chi connectivity index (χ1v) is 12.6. The Balaban J connectivity index is 1.15. The highest BCUT2D eigenvalue weighted by atomic mass is 19.1. The molecule has 1 amide bonds. The van der Waals surface area contributed by atoms with Gasteiger partial charge in [-0.1, -0.05) is 12.1 Å². The molecule has 180 valence electrons. The van der Waals surface area contributed by atoms with Crippen LogP contribution in [0.15, 0.2) is 36.2 Å². The van der Waals surface area contributed by atoms with Crippen LogP contribution in [-0.2, 0) is 14.9 Å². The summed E-state index contributed by atoms with van der Waals surface area (Å²) in [5.74, 6) is 1.04. The number of halogens is 1. The largest absolute Gasteiger partial charge is 0.489 e. The summed E-state index contributed by atoms with van der Waals surface area (Å²) in [5, 5.41) is 3.45. The van der Waals surface area contributed by atoms with Crippen molar-refractivity contribution in [2.45, 2.75) is 75.7 Å². The molecule has 0 radical (unpaired) electrons. The average molecular weight is 457 g/mol. The predicted octanol–water partition coefficient (Wildman–Crippen LogP) is 4.54. The second-order valence-corrected chi connectivity index (χ2v) is 11.1. The van der Waals surface area contributed by atoms with Gasteiger partial charge < -0.3 is 20.5 Å². The zero-order valence-electron chi connectivity index (χ0n) is 19.5. The Labute approximate surface area is 196 Å². The third-order valence-electron chi connectivity index (χ3n) is 9.23. The minimum Gasteiger partial charge on any atom is -0.489 e. The smallest absolute Gasteiger partial charge is 0.226 e. The molecule has 5 fully saturated rings. The van der Waals surface area contributed by atoms with Crippen molar-refractivity contribution in [1.29, 1.82) is 0 Å². The van der Waals surface area contributed by atoms with E-state index in [-0.39, 0.29) is 24.0 Å². The lowest BCUT2D eigenvalue weighted by molar-refractivity contribution is -0.144. The molecule has 6 rings (SSSR count). The normalized spacial score (nSPS) is 31.3. The van der Waals surface area contributed by atoms with Gasteiger partial charge in [-0.05, 0) is 87.3 Å². The van der Waals surface area contributed by atoms with Gasteiger partial charge in [0, 0.05) is 29.0 Å². The molecule has 0 aromatic heterocycles. The van der Waals surface area contributed by atoms with E-state index in [1.165, 1.54) is 18.4 Å². The number of benzene rings is 1. The van der Waals surface area contributed by atoms with Gasteiger partial charge in [-0.15, -0.1) is 0 Å². The van der Waals surface area contributed by atoms with Crippen molar-refractivity contribution in [2.24, 2.45) is 16.6 Å². The summed E-state index contributed by atoms with van der Waals surface area (Å²) in [6, 6.07) is 8.59. The van der Waals surface area contributed by atoms with Gasteiger partial charge in [0.1, 0.15) is 12.4 Å². The Morgan fingerprint density at radius 2 is 1.70 bits per heavy atom.